The Bertz CT molecular complexity index is 3250. The molecule has 0 saturated heterocycles. The molecule has 0 aliphatic carbocycles. The van der Waals surface area contributed by atoms with Gasteiger partial charge >= 0.3 is 0 Å². The van der Waals surface area contributed by atoms with Gasteiger partial charge in [0.2, 0.25) is 0 Å². The smallest absolute Gasteiger partial charge is 0.135 e. The largest absolute Gasteiger partial charge is 0.456 e. The van der Waals surface area contributed by atoms with Crippen LogP contribution in [0.15, 0.2) is 229 Å². The van der Waals surface area contributed by atoms with E-state index < -0.39 is 0 Å². The Labute approximate surface area is 337 Å². The summed E-state index contributed by atoms with van der Waals surface area (Å²) in [6, 6.07) is 80.8. The number of nitrogens with zero attached hydrogens (tertiary/aromatic N) is 1. The molecule has 0 unspecified atom stereocenters. The SMILES string of the molecule is c1ccc(-c2ccc(N(c3ccc(-c4cccc(-c5ccc6c(ccc7ccccc76)c5)c4)cc3)c3ccc(-c4ccc5oc6ccccc6c5c4)cc3)cc2)cc1. The second kappa shape index (κ2) is 14.1. The molecule has 0 aliphatic rings. The third-order valence-electron chi connectivity index (χ3n) is 11.5. The number of anilines is 3. The molecule has 10 aromatic carbocycles. The molecule has 58 heavy (non-hydrogen) atoms. The fraction of sp³-hybridized carbons (Fsp3) is 0. The number of hydrogen-bond donors (Lipinski definition) is 0. The molecule has 272 valence electrons. The fourth-order valence-corrected chi connectivity index (χ4v) is 8.46. The van der Waals surface area contributed by atoms with Crippen LogP contribution in [0.4, 0.5) is 17.1 Å². The quantitative estimate of drug-likeness (QED) is 0.151. The molecular formula is C56H37NO. The monoisotopic (exact) mass is 739 g/mol. The first-order valence-corrected chi connectivity index (χ1v) is 19.8. The molecule has 0 saturated carbocycles. The van der Waals surface area contributed by atoms with Crippen molar-refractivity contribution in [3.8, 4) is 44.5 Å². The zero-order valence-corrected chi connectivity index (χ0v) is 31.7. The van der Waals surface area contributed by atoms with E-state index in [9.17, 15) is 0 Å². The normalized spacial score (nSPS) is 11.4. The summed E-state index contributed by atoms with van der Waals surface area (Å²) in [5.41, 5.74) is 14.6. The van der Waals surface area contributed by atoms with Gasteiger partial charge in [0.25, 0.3) is 0 Å². The van der Waals surface area contributed by atoms with Gasteiger partial charge in [0.05, 0.1) is 0 Å². The minimum absolute atomic E-state index is 0.907. The molecule has 11 rings (SSSR count). The van der Waals surface area contributed by atoms with Crippen LogP contribution in [0.25, 0.3) is 88.0 Å². The number of rotatable bonds is 7. The Morgan fingerprint density at radius 2 is 0.690 bits per heavy atom. The number of furan rings is 1. The van der Waals surface area contributed by atoms with Crippen LogP contribution in [-0.4, -0.2) is 0 Å². The molecule has 0 N–H and O–H groups in total. The van der Waals surface area contributed by atoms with E-state index in [0.717, 1.165) is 50.1 Å². The van der Waals surface area contributed by atoms with Gasteiger partial charge in [0.1, 0.15) is 11.2 Å². The Morgan fingerprint density at radius 1 is 0.241 bits per heavy atom. The van der Waals surface area contributed by atoms with Crippen LogP contribution in [0.2, 0.25) is 0 Å². The Kier molecular flexibility index (Phi) is 8.19. The third-order valence-corrected chi connectivity index (χ3v) is 11.5. The summed E-state index contributed by atoms with van der Waals surface area (Å²) in [6.07, 6.45) is 0. The van der Waals surface area contributed by atoms with Gasteiger partial charge in [-0.1, -0.05) is 158 Å². The van der Waals surface area contributed by atoms with Gasteiger partial charge < -0.3 is 9.32 Å². The van der Waals surface area contributed by atoms with E-state index in [1.165, 1.54) is 54.9 Å². The van der Waals surface area contributed by atoms with Crippen LogP contribution in [-0.2, 0) is 0 Å². The zero-order valence-electron chi connectivity index (χ0n) is 31.7. The Hall–Kier alpha value is -7.68. The summed E-state index contributed by atoms with van der Waals surface area (Å²) in [5, 5.41) is 7.37. The lowest BCUT2D eigenvalue weighted by Crippen LogP contribution is -2.09. The molecule has 2 nitrogen and oxygen atoms in total. The number of benzene rings is 10. The van der Waals surface area contributed by atoms with Crippen LogP contribution in [0, 0.1) is 0 Å². The molecule has 1 heterocycles. The maximum atomic E-state index is 6.11. The van der Waals surface area contributed by atoms with Crippen LogP contribution < -0.4 is 4.90 Å². The lowest BCUT2D eigenvalue weighted by molar-refractivity contribution is 0.669. The van der Waals surface area contributed by atoms with Crippen molar-refractivity contribution in [3.05, 3.63) is 224 Å². The van der Waals surface area contributed by atoms with E-state index >= 15 is 0 Å². The lowest BCUT2D eigenvalue weighted by atomic mass is 9.95. The summed E-state index contributed by atoms with van der Waals surface area (Å²) in [5.74, 6) is 0. The van der Waals surface area contributed by atoms with Gasteiger partial charge in [-0.2, -0.15) is 0 Å². The van der Waals surface area contributed by atoms with Gasteiger partial charge in [-0.25, -0.2) is 0 Å². The minimum atomic E-state index is 0.907. The van der Waals surface area contributed by atoms with Gasteiger partial charge in [-0.05, 0) is 133 Å². The minimum Gasteiger partial charge on any atom is -0.456 e. The second-order valence-electron chi connectivity index (χ2n) is 15.0. The molecule has 0 radical (unpaired) electrons. The first-order valence-electron chi connectivity index (χ1n) is 19.8. The molecule has 0 amide bonds. The number of hydrogen-bond acceptors (Lipinski definition) is 2. The molecule has 11 aromatic rings. The van der Waals surface area contributed by atoms with E-state index in [0.29, 0.717) is 0 Å². The van der Waals surface area contributed by atoms with Gasteiger partial charge in [0, 0.05) is 27.8 Å². The summed E-state index contributed by atoms with van der Waals surface area (Å²) in [6.45, 7) is 0. The van der Waals surface area contributed by atoms with Crippen LogP contribution in [0.5, 0.6) is 0 Å². The van der Waals surface area contributed by atoms with Crippen molar-refractivity contribution >= 4 is 60.5 Å². The first kappa shape index (κ1) is 33.6. The molecule has 1 aromatic heterocycles. The highest BCUT2D eigenvalue weighted by molar-refractivity contribution is 6.09. The molecule has 0 fully saturated rings. The number of fused-ring (bicyclic) bond motifs is 6. The number of para-hydroxylation sites is 1. The van der Waals surface area contributed by atoms with Crippen molar-refractivity contribution in [2.45, 2.75) is 0 Å². The predicted octanol–water partition coefficient (Wildman–Crippen LogP) is 16.0. The summed E-state index contributed by atoms with van der Waals surface area (Å²) < 4.78 is 6.11. The van der Waals surface area contributed by atoms with Gasteiger partial charge in [-0.3, -0.25) is 0 Å². The molecular weight excluding hydrogens is 703 g/mol. The Balaban J connectivity index is 0.932. The maximum absolute atomic E-state index is 6.11. The molecule has 0 bridgehead atoms. The summed E-state index contributed by atoms with van der Waals surface area (Å²) in [4.78, 5) is 2.34. The second-order valence-corrected chi connectivity index (χ2v) is 15.0. The standard InChI is InChI=1S/C56H37NO/c1-2-9-38(10-3-1)39-19-27-48(28-20-39)57(50-31-23-41(24-32-50)46-26-34-56-54(37-46)53-15-6-7-16-55(53)58-56)49-29-21-40(22-30-49)43-12-8-13-44(35-43)45-25-33-52-47(36-45)18-17-42-11-4-5-14-51(42)52/h1-37H. The van der Waals surface area contributed by atoms with Gasteiger partial charge in [0.15, 0.2) is 0 Å². The van der Waals surface area contributed by atoms with E-state index in [-0.39, 0.29) is 0 Å². The highest BCUT2D eigenvalue weighted by Crippen LogP contribution is 2.39. The topological polar surface area (TPSA) is 16.4 Å². The molecule has 0 aliphatic heterocycles. The lowest BCUT2D eigenvalue weighted by Gasteiger charge is -2.26. The average Bonchev–Trinajstić information content (AvgIpc) is 3.68. The van der Waals surface area contributed by atoms with E-state index in [2.05, 4.69) is 217 Å². The summed E-state index contributed by atoms with van der Waals surface area (Å²) >= 11 is 0. The van der Waals surface area contributed by atoms with Crippen LogP contribution >= 0.6 is 0 Å². The average molecular weight is 740 g/mol. The van der Waals surface area contributed by atoms with E-state index in [4.69, 9.17) is 4.42 Å². The van der Waals surface area contributed by atoms with Crippen molar-refractivity contribution < 1.29 is 4.42 Å². The summed E-state index contributed by atoms with van der Waals surface area (Å²) in [7, 11) is 0. The maximum Gasteiger partial charge on any atom is 0.135 e. The van der Waals surface area contributed by atoms with Gasteiger partial charge in [-0.15, -0.1) is 0 Å². The third kappa shape index (κ3) is 6.09. The highest BCUT2D eigenvalue weighted by atomic mass is 16.3. The van der Waals surface area contributed by atoms with Crippen molar-refractivity contribution in [2.24, 2.45) is 0 Å². The molecule has 0 spiro atoms. The molecule has 0 atom stereocenters. The van der Waals surface area contributed by atoms with Crippen molar-refractivity contribution in [2.75, 3.05) is 4.90 Å². The first-order chi connectivity index (χ1) is 28.7. The van der Waals surface area contributed by atoms with Crippen molar-refractivity contribution in [1.29, 1.82) is 0 Å². The van der Waals surface area contributed by atoms with E-state index in [1.54, 1.807) is 0 Å². The zero-order chi connectivity index (χ0) is 38.4. The van der Waals surface area contributed by atoms with Crippen molar-refractivity contribution in [1.82, 2.24) is 0 Å². The molecule has 2 heteroatoms. The van der Waals surface area contributed by atoms with Crippen molar-refractivity contribution in [3.63, 3.8) is 0 Å². The van der Waals surface area contributed by atoms with Crippen LogP contribution in [0.3, 0.4) is 0 Å². The highest BCUT2D eigenvalue weighted by Gasteiger charge is 2.15. The fourth-order valence-electron chi connectivity index (χ4n) is 8.46. The predicted molar refractivity (Wildman–Crippen MR) is 245 cm³/mol. The van der Waals surface area contributed by atoms with Crippen LogP contribution in [0.1, 0.15) is 0 Å². The van der Waals surface area contributed by atoms with E-state index in [1.807, 2.05) is 12.1 Å². The Morgan fingerprint density at radius 3 is 1.40 bits per heavy atom.